The van der Waals surface area contributed by atoms with E-state index in [1.165, 1.54) is 34.4 Å². The molecular weight excluding hydrogens is 505 g/mol. The van der Waals surface area contributed by atoms with E-state index in [4.69, 9.17) is 0 Å². The summed E-state index contributed by atoms with van der Waals surface area (Å²) in [6, 6.07) is 4.89. The lowest BCUT2D eigenvalue weighted by Gasteiger charge is -2.34. The zero-order chi connectivity index (χ0) is 26.0. The molecule has 2 fully saturated rings. The van der Waals surface area contributed by atoms with Crippen molar-refractivity contribution >= 4 is 29.0 Å². The second-order valence-corrected chi connectivity index (χ2v) is 9.91. The van der Waals surface area contributed by atoms with Crippen LogP contribution in [0.4, 0.5) is 19.0 Å². The molecule has 0 saturated carbocycles. The van der Waals surface area contributed by atoms with Crippen molar-refractivity contribution < 1.29 is 22.8 Å². The van der Waals surface area contributed by atoms with E-state index in [9.17, 15) is 22.8 Å². The van der Waals surface area contributed by atoms with Crippen molar-refractivity contribution in [3.63, 3.8) is 0 Å². The molecule has 2 aliphatic heterocycles. The Morgan fingerprint density at radius 1 is 0.919 bits per heavy atom. The Balaban J connectivity index is 1.17. The van der Waals surface area contributed by atoms with E-state index in [0.717, 1.165) is 16.9 Å². The maximum absolute atomic E-state index is 13.3. The van der Waals surface area contributed by atoms with E-state index in [1.54, 1.807) is 28.9 Å². The number of amides is 2. The molecule has 37 heavy (non-hydrogen) atoms. The summed E-state index contributed by atoms with van der Waals surface area (Å²) in [6.45, 7) is 3.10. The van der Waals surface area contributed by atoms with Gasteiger partial charge in [-0.2, -0.15) is 13.2 Å². The number of carbonyl (C=O) groups excluding carboxylic acids is 2. The van der Waals surface area contributed by atoms with Gasteiger partial charge in [-0.25, -0.2) is 9.97 Å². The van der Waals surface area contributed by atoms with Crippen LogP contribution < -0.4 is 4.90 Å². The highest BCUT2D eigenvalue weighted by atomic mass is 32.1. The van der Waals surface area contributed by atoms with Crippen LogP contribution in [-0.4, -0.2) is 75.8 Å². The van der Waals surface area contributed by atoms with Crippen molar-refractivity contribution in [1.82, 2.24) is 24.8 Å². The third-order valence-corrected chi connectivity index (χ3v) is 7.78. The average molecular weight is 531 g/mol. The molecule has 0 aliphatic carbocycles. The predicted octanol–water partition coefficient (Wildman–Crippen LogP) is 3.93. The van der Waals surface area contributed by atoms with Gasteiger partial charge in [0.1, 0.15) is 11.5 Å². The number of thiazole rings is 1. The molecule has 2 amide bonds. The van der Waals surface area contributed by atoms with E-state index in [1.807, 2.05) is 0 Å². The number of piperidine rings is 1. The van der Waals surface area contributed by atoms with Crippen LogP contribution in [0.15, 0.2) is 48.2 Å². The lowest BCUT2D eigenvalue weighted by molar-refractivity contribution is -0.138. The van der Waals surface area contributed by atoms with Gasteiger partial charge in [0.2, 0.25) is 0 Å². The smallest absolute Gasteiger partial charge is 0.352 e. The minimum atomic E-state index is -4.59. The van der Waals surface area contributed by atoms with Crippen molar-refractivity contribution in [2.75, 3.05) is 44.2 Å². The lowest BCUT2D eigenvalue weighted by atomic mass is 9.96. The fourth-order valence-corrected chi connectivity index (χ4v) is 5.71. The third-order valence-electron chi connectivity index (χ3n) is 6.78. The molecule has 0 N–H and O–H groups in total. The summed E-state index contributed by atoms with van der Waals surface area (Å²) in [6.07, 6.45) is 1.55. The van der Waals surface area contributed by atoms with Crippen LogP contribution >= 0.6 is 11.3 Å². The fraction of sp³-hybridized carbons (Fsp3) is 0.400. The second-order valence-electron chi connectivity index (χ2n) is 9.02. The van der Waals surface area contributed by atoms with Crippen LogP contribution in [0.25, 0.3) is 0 Å². The average Bonchev–Trinajstić information content (AvgIpc) is 3.43. The molecule has 1 aromatic carbocycles. The zero-order valence-electron chi connectivity index (χ0n) is 19.9. The van der Waals surface area contributed by atoms with Gasteiger partial charge in [0, 0.05) is 63.0 Å². The number of nitrogens with zero attached hydrogens (tertiary/aromatic N) is 6. The number of halogens is 3. The molecule has 0 atom stereocenters. The van der Waals surface area contributed by atoms with Crippen LogP contribution in [0.5, 0.6) is 0 Å². The highest BCUT2D eigenvalue weighted by Crippen LogP contribution is 2.34. The van der Waals surface area contributed by atoms with Crippen LogP contribution in [0.3, 0.4) is 0 Å². The topological polar surface area (TPSA) is 82.5 Å². The summed E-state index contributed by atoms with van der Waals surface area (Å²) in [5, 5.41) is 2.59. The SMILES string of the molecule is O=C(c1csc(C2CCN(C(=O)c3ccccc3C(F)(F)F)CC2)n1)N1CCN(c2cnccn2)CC1. The first-order valence-corrected chi connectivity index (χ1v) is 12.9. The molecule has 0 unspecified atom stereocenters. The minimum absolute atomic E-state index is 0.0574. The molecule has 12 heteroatoms. The van der Waals surface area contributed by atoms with Crippen LogP contribution in [0, 0.1) is 0 Å². The summed E-state index contributed by atoms with van der Waals surface area (Å²) >= 11 is 1.42. The van der Waals surface area contributed by atoms with Gasteiger partial charge in [0.15, 0.2) is 0 Å². The molecule has 2 aliphatic rings. The Morgan fingerprint density at radius 3 is 2.30 bits per heavy atom. The molecule has 194 valence electrons. The highest BCUT2D eigenvalue weighted by Gasteiger charge is 2.37. The number of anilines is 1. The predicted molar refractivity (Wildman–Crippen MR) is 132 cm³/mol. The Bertz CT molecular complexity index is 1250. The van der Waals surface area contributed by atoms with Gasteiger partial charge in [0.25, 0.3) is 11.8 Å². The van der Waals surface area contributed by atoms with Gasteiger partial charge >= 0.3 is 6.18 Å². The molecule has 8 nitrogen and oxygen atoms in total. The molecule has 3 aromatic rings. The number of benzene rings is 1. The van der Waals surface area contributed by atoms with Crippen LogP contribution in [0.1, 0.15) is 50.2 Å². The molecule has 0 bridgehead atoms. The number of aromatic nitrogens is 3. The Morgan fingerprint density at radius 2 is 1.62 bits per heavy atom. The van der Waals surface area contributed by atoms with Gasteiger partial charge in [0.05, 0.1) is 22.3 Å². The van der Waals surface area contributed by atoms with E-state index in [2.05, 4.69) is 19.9 Å². The van der Waals surface area contributed by atoms with Crippen molar-refractivity contribution in [3.05, 3.63) is 70.1 Å². The van der Waals surface area contributed by atoms with Gasteiger partial charge in [-0.15, -0.1) is 11.3 Å². The zero-order valence-corrected chi connectivity index (χ0v) is 20.7. The maximum Gasteiger partial charge on any atom is 0.417 e. The molecule has 4 heterocycles. The molecular formula is C25H25F3N6O2S. The second kappa shape index (κ2) is 10.4. The van der Waals surface area contributed by atoms with Gasteiger partial charge in [-0.05, 0) is 25.0 Å². The number of likely N-dealkylation sites (tertiary alicyclic amines) is 1. The largest absolute Gasteiger partial charge is 0.417 e. The monoisotopic (exact) mass is 530 g/mol. The summed E-state index contributed by atoms with van der Waals surface area (Å²) in [5.41, 5.74) is -0.830. The number of carbonyl (C=O) groups is 2. The lowest BCUT2D eigenvalue weighted by Crippen LogP contribution is -2.49. The van der Waals surface area contributed by atoms with E-state index < -0.39 is 17.6 Å². The maximum atomic E-state index is 13.3. The molecule has 2 aromatic heterocycles. The minimum Gasteiger partial charge on any atom is -0.352 e. The number of rotatable bonds is 4. The van der Waals surface area contributed by atoms with Crippen LogP contribution in [-0.2, 0) is 6.18 Å². The van der Waals surface area contributed by atoms with Gasteiger partial charge < -0.3 is 14.7 Å². The Hall–Kier alpha value is -3.54. The van der Waals surface area contributed by atoms with E-state index in [0.29, 0.717) is 57.8 Å². The van der Waals surface area contributed by atoms with Crippen molar-refractivity contribution in [2.24, 2.45) is 0 Å². The summed E-state index contributed by atoms with van der Waals surface area (Å²) in [7, 11) is 0. The standard InChI is InChI=1S/C25H25F3N6O2S/c26-25(27,28)19-4-2-1-3-18(19)23(35)33-9-5-17(6-10-33)22-31-20(16-37-22)24(36)34-13-11-32(12-14-34)21-15-29-7-8-30-21/h1-4,7-8,15-17H,5-6,9-14H2. The molecule has 5 rings (SSSR count). The van der Waals surface area contributed by atoms with E-state index >= 15 is 0 Å². The molecule has 0 spiro atoms. The number of hydrogen-bond acceptors (Lipinski definition) is 7. The summed E-state index contributed by atoms with van der Waals surface area (Å²) in [5.74, 6) is 0.124. The first-order chi connectivity index (χ1) is 17.8. The number of hydrogen-bond donors (Lipinski definition) is 0. The number of piperazine rings is 1. The summed E-state index contributed by atoms with van der Waals surface area (Å²) in [4.78, 5) is 44.2. The van der Waals surface area contributed by atoms with Crippen LogP contribution in [0.2, 0.25) is 0 Å². The van der Waals surface area contributed by atoms with Crippen molar-refractivity contribution in [1.29, 1.82) is 0 Å². The normalized spacial score (nSPS) is 17.2. The molecule has 2 saturated heterocycles. The highest BCUT2D eigenvalue weighted by molar-refractivity contribution is 7.09. The Labute approximate surface area is 215 Å². The fourth-order valence-electron chi connectivity index (χ4n) is 4.75. The van der Waals surface area contributed by atoms with E-state index in [-0.39, 0.29) is 17.4 Å². The number of alkyl halides is 3. The van der Waals surface area contributed by atoms with Crippen molar-refractivity contribution in [2.45, 2.75) is 24.9 Å². The van der Waals surface area contributed by atoms with Gasteiger partial charge in [-0.1, -0.05) is 12.1 Å². The van der Waals surface area contributed by atoms with Gasteiger partial charge in [-0.3, -0.25) is 14.6 Å². The first-order valence-electron chi connectivity index (χ1n) is 12.0. The molecule has 0 radical (unpaired) electrons. The first kappa shape index (κ1) is 25.1. The summed E-state index contributed by atoms with van der Waals surface area (Å²) < 4.78 is 40.0. The van der Waals surface area contributed by atoms with Crippen molar-refractivity contribution in [3.8, 4) is 0 Å². The quantitative estimate of drug-likeness (QED) is 0.509. The third kappa shape index (κ3) is 5.43. The Kier molecular flexibility index (Phi) is 7.09.